The van der Waals surface area contributed by atoms with Crippen LogP contribution in [0, 0.1) is 18.6 Å². The Morgan fingerprint density at radius 3 is 2.59 bits per heavy atom. The highest BCUT2D eigenvalue weighted by atomic mass is 19.1. The molecule has 170 valence electrons. The molecule has 2 aliphatic heterocycles. The van der Waals surface area contributed by atoms with Gasteiger partial charge < -0.3 is 25.0 Å². The largest absolute Gasteiger partial charge is 0.503 e. The fourth-order valence-corrected chi connectivity index (χ4v) is 4.36. The van der Waals surface area contributed by atoms with Gasteiger partial charge in [0.25, 0.3) is 11.8 Å². The molecule has 2 bridgehead atoms. The van der Waals surface area contributed by atoms with Crippen molar-refractivity contribution in [2.24, 2.45) is 0 Å². The lowest BCUT2D eigenvalue weighted by atomic mass is 9.94. The standard InChI is InChI=1S/C22H23F2N3O5/c1-11-5-15(23)13(16(24)6-11)8-25-20(30)14-10-27-12-7-22(2,32)3-4-26(9-12)21(31)17(27)19(29)18(14)28/h5-6,10,12,29,32H,3-4,7-9H2,1-2H3,(H,25,30)/t12-,22+/m0/s1. The van der Waals surface area contributed by atoms with Crippen molar-refractivity contribution < 1.29 is 28.6 Å². The number of benzene rings is 1. The maximum absolute atomic E-state index is 14.1. The summed E-state index contributed by atoms with van der Waals surface area (Å²) in [4.78, 5) is 39.6. The van der Waals surface area contributed by atoms with Crippen LogP contribution >= 0.6 is 0 Å². The SMILES string of the molecule is Cc1cc(F)c(CNC(=O)c2cn3c(c(O)c2=O)C(=O)N2CC[C@@](C)(O)C[C@H]3C2)c(F)c1. The first-order valence-electron chi connectivity index (χ1n) is 10.2. The topological polar surface area (TPSA) is 112 Å². The third-order valence-corrected chi connectivity index (χ3v) is 6.08. The molecule has 10 heteroatoms. The predicted molar refractivity (Wildman–Crippen MR) is 109 cm³/mol. The quantitative estimate of drug-likeness (QED) is 0.662. The number of amides is 2. The molecule has 2 atom stereocenters. The molecule has 4 rings (SSSR count). The summed E-state index contributed by atoms with van der Waals surface area (Å²) in [6, 6.07) is 1.78. The van der Waals surface area contributed by atoms with E-state index in [1.54, 1.807) is 6.92 Å². The molecule has 2 amide bonds. The summed E-state index contributed by atoms with van der Waals surface area (Å²) in [6.07, 6.45) is 1.73. The molecule has 1 fully saturated rings. The summed E-state index contributed by atoms with van der Waals surface area (Å²) >= 11 is 0. The van der Waals surface area contributed by atoms with Crippen LogP contribution in [0.25, 0.3) is 0 Å². The lowest BCUT2D eigenvalue weighted by Gasteiger charge is -2.34. The molecule has 0 radical (unpaired) electrons. The molecular formula is C22H23F2N3O5. The number of fused-ring (bicyclic) bond motifs is 4. The number of carbonyl (C=O) groups excluding carboxylic acids is 2. The van der Waals surface area contributed by atoms with Crippen molar-refractivity contribution in [1.29, 1.82) is 0 Å². The van der Waals surface area contributed by atoms with Crippen molar-refractivity contribution in [2.45, 2.75) is 44.9 Å². The zero-order valence-corrected chi connectivity index (χ0v) is 17.6. The first kappa shape index (κ1) is 21.9. The van der Waals surface area contributed by atoms with Gasteiger partial charge in [-0.25, -0.2) is 8.78 Å². The number of rotatable bonds is 3. The molecule has 0 unspecified atom stereocenters. The number of nitrogens with zero attached hydrogens (tertiary/aromatic N) is 2. The monoisotopic (exact) mass is 447 g/mol. The van der Waals surface area contributed by atoms with Crippen LogP contribution in [0.15, 0.2) is 23.1 Å². The fourth-order valence-electron chi connectivity index (χ4n) is 4.36. The third-order valence-electron chi connectivity index (χ3n) is 6.08. The first-order chi connectivity index (χ1) is 15.0. The molecule has 32 heavy (non-hydrogen) atoms. The fraction of sp³-hybridized carbons (Fsp3) is 0.409. The van der Waals surface area contributed by atoms with Gasteiger partial charge in [0.1, 0.15) is 17.2 Å². The van der Waals surface area contributed by atoms with Crippen LogP contribution in [0.4, 0.5) is 8.78 Å². The minimum Gasteiger partial charge on any atom is -0.503 e. The van der Waals surface area contributed by atoms with Gasteiger partial charge in [-0.05, 0) is 44.4 Å². The molecule has 2 aromatic rings. The highest BCUT2D eigenvalue weighted by Gasteiger charge is 2.41. The Morgan fingerprint density at radius 2 is 1.94 bits per heavy atom. The number of nitrogens with one attached hydrogen (secondary N) is 1. The predicted octanol–water partition coefficient (Wildman–Crippen LogP) is 1.61. The molecule has 3 N–H and O–H groups in total. The van der Waals surface area contributed by atoms with E-state index >= 15 is 0 Å². The van der Waals surface area contributed by atoms with E-state index in [-0.39, 0.29) is 30.8 Å². The third kappa shape index (κ3) is 3.75. The first-order valence-corrected chi connectivity index (χ1v) is 10.2. The van der Waals surface area contributed by atoms with Crippen LogP contribution in [0.3, 0.4) is 0 Å². The summed E-state index contributed by atoms with van der Waals surface area (Å²) in [7, 11) is 0. The average Bonchev–Trinajstić information content (AvgIpc) is 2.84. The molecule has 1 aromatic heterocycles. The average molecular weight is 447 g/mol. The van der Waals surface area contributed by atoms with Crippen molar-refractivity contribution >= 4 is 11.8 Å². The maximum atomic E-state index is 14.1. The van der Waals surface area contributed by atoms with Gasteiger partial charge in [0, 0.05) is 31.4 Å². The van der Waals surface area contributed by atoms with Gasteiger partial charge in [0.2, 0.25) is 5.43 Å². The second kappa shape index (κ2) is 7.70. The Balaban J connectivity index is 1.69. The van der Waals surface area contributed by atoms with E-state index in [9.17, 15) is 33.4 Å². The van der Waals surface area contributed by atoms with Crippen molar-refractivity contribution in [3.05, 3.63) is 62.6 Å². The lowest BCUT2D eigenvalue weighted by molar-refractivity contribution is 0.0369. The van der Waals surface area contributed by atoms with E-state index < -0.39 is 58.4 Å². The number of aliphatic hydroxyl groups is 1. The zero-order valence-electron chi connectivity index (χ0n) is 17.6. The Hall–Kier alpha value is -3.27. The van der Waals surface area contributed by atoms with Crippen LogP contribution in [0.1, 0.15) is 57.8 Å². The van der Waals surface area contributed by atoms with Crippen LogP contribution in [-0.2, 0) is 6.54 Å². The molecule has 1 aromatic carbocycles. The highest BCUT2D eigenvalue weighted by Crippen LogP contribution is 2.35. The lowest BCUT2D eigenvalue weighted by Crippen LogP contribution is -2.44. The van der Waals surface area contributed by atoms with E-state index in [2.05, 4.69) is 5.32 Å². The molecule has 2 aliphatic rings. The van der Waals surface area contributed by atoms with Crippen molar-refractivity contribution in [3.63, 3.8) is 0 Å². The Morgan fingerprint density at radius 1 is 1.28 bits per heavy atom. The van der Waals surface area contributed by atoms with Gasteiger partial charge in [-0.15, -0.1) is 0 Å². The number of aryl methyl sites for hydroxylation is 1. The van der Waals surface area contributed by atoms with E-state index in [4.69, 9.17) is 0 Å². The Kier molecular flexibility index (Phi) is 5.28. The molecule has 1 saturated heterocycles. The number of halogens is 2. The number of carbonyl (C=O) groups is 2. The van der Waals surface area contributed by atoms with Crippen LogP contribution in [-0.4, -0.2) is 50.2 Å². The molecule has 0 spiro atoms. The minimum absolute atomic E-state index is 0.240. The van der Waals surface area contributed by atoms with Gasteiger partial charge in [-0.1, -0.05) is 0 Å². The van der Waals surface area contributed by atoms with Gasteiger partial charge in [0.05, 0.1) is 11.6 Å². The maximum Gasteiger partial charge on any atom is 0.274 e. The summed E-state index contributed by atoms with van der Waals surface area (Å²) < 4.78 is 29.5. The number of hydrogen-bond acceptors (Lipinski definition) is 5. The van der Waals surface area contributed by atoms with Crippen molar-refractivity contribution in [2.75, 3.05) is 13.1 Å². The van der Waals surface area contributed by atoms with E-state index in [1.165, 1.54) is 16.4 Å². The van der Waals surface area contributed by atoms with E-state index in [0.29, 0.717) is 12.0 Å². The Bertz CT molecular complexity index is 1170. The molecule has 3 heterocycles. The van der Waals surface area contributed by atoms with Crippen molar-refractivity contribution in [1.82, 2.24) is 14.8 Å². The second-order valence-electron chi connectivity index (χ2n) is 8.72. The molecular weight excluding hydrogens is 424 g/mol. The highest BCUT2D eigenvalue weighted by molar-refractivity contribution is 5.99. The van der Waals surface area contributed by atoms with E-state index in [1.807, 2.05) is 0 Å². The van der Waals surface area contributed by atoms with Gasteiger partial charge in [-0.2, -0.15) is 0 Å². The van der Waals surface area contributed by atoms with Crippen LogP contribution in [0.2, 0.25) is 0 Å². The summed E-state index contributed by atoms with van der Waals surface area (Å²) in [5, 5.41) is 23.4. The summed E-state index contributed by atoms with van der Waals surface area (Å²) in [5.41, 5.74) is -2.83. The second-order valence-corrected chi connectivity index (χ2v) is 8.72. The smallest absolute Gasteiger partial charge is 0.274 e. The summed E-state index contributed by atoms with van der Waals surface area (Å²) in [5.74, 6) is -4.05. The molecule has 0 aliphatic carbocycles. The van der Waals surface area contributed by atoms with E-state index in [0.717, 1.165) is 18.3 Å². The van der Waals surface area contributed by atoms with Gasteiger partial charge in [-0.3, -0.25) is 14.4 Å². The Labute approximate surface area is 182 Å². The number of pyridine rings is 1. The van der Waals surface area contributed by atoms with Gasteiger partial charge in [0.15, 0.2) is 11.4 Å². The van der Waals surface area contributed by atoms with Crippen LogP contribution < -0.4 is 10.7 Å². The number of aromatic nitrogens is 1. The van der Waals surface area contributed by atoms with Crippen LogP contribution in [0.5, 0.6) is 5.75 Å². The summed E-state index contributed by atoms with van der Waals surface area (Å²) in [6.45, 7) is 3.18. The number of hydrogen-bond donors (Lipinski definition) is 3. The number of aromatic hydroxyl groups is 1. The molecule has 0 saturated carbocycles. The molecule has 8 nitrogen and oxygen atoms in total. The minimum atomic E-state index is -1.08. The zero-order chi connectivity index (χ0) is 23.4. The van der Waals surface area contributed by atoms with Crippen molar-refractivity contribution in [3.8, 4) is 5.75 Å². The van der Waals surface area contributed by atoms with Gasteiger partial charge >= 0.3 is 0 Å². The normalized spacial score (nSPS) is 22.3.